The Bertz CT molecular complexity index is 1240. The van der Waals surface area contributed by atoms with Gasteiger partial charge in [-0.3, -0.25) is 14.5 Å². The summed E-state index contributed by atoms with van der Waals surface area (Å²) in [6.07, 6.45) is 4.03. The molecule has 3 heterocycles. The van der Waals surface area contributed by atoms with Crippen molar-refractivity contribution < 1.29 is 9.90 Å². The summed E-state index contributed by atoms with van der Waals surface area (Å²) in [6, 6.07) is 5.21. The number of aromatic nitrogens is 6. The van der Waals surface area contributed by atoms with Gasteiger partial charge in [0.1, 0.15) is 5.52 Å². The van der Waals surface area contributed by atoms with Crippen molar-refractivity contribution in [2.24, 2.45) is 0 Å². The fourth-order valence-corrected chi connectivity index (χ4v) is 2.84. The van der Waals surface area contributed by atoms with Gasteiger partial charge < -0.3 is 5.11 Å². The zero-order valence-electron chi connectivity index (χ0n) is 13.4. The van der Waals surface area contributed by atoms with Crippen LogP contribution in [-0.4, -0.2) is 40.6 Å². The van der Waals surface area contributed by atoms with E-state index in [9.17, 15) is 9.59 Å². The van der Waals surface area contributed by atoms with Gasteiger partial charge in [0.25, 0.3) is 5.56 Å². The number of benzene rings is 1. The van der Waals surface area contributed by atoms with Crippen molar-refractivity contribution in [3.8, 4) is 5.95 Å². The summed E-state index contributed by atoms with van der Waals surface area (Å²) in [5.41, 5.74) is 0.876. The number of fused-ring (bicyclic) bond motifs is 1. The Balaban J connectivity index is 1.71. The van der Waals surface area contributed by atoms with E-state index in [0.29, 0.717) is 22.1 Å². The van der Waals surface area contributed by atoms with Crippen LogP contribution in [0.1, 0.15) is 15.9 Å². The van der Waals surface area contributed by atoms with Gasteiger partial charge in [-0.15, -0.1) is 0 Å². The molecule has 2 N–H and O–H groups in total. The summed E-state index contributed by atoms with van der Waals surface area (Å²) in [6.45, 7) is 0.368. The highest BCUT2D eigenvalue weighted by atomic mass is 35.5. The van der Waals surface area contributed by atoms with Gasteiger partial charge in [0, 0.05) is 6.20 Å². The van der Waals surface area contributed by atoms with Crippen molar-refractivity contribution in [3.63, 3.8) is 0 Å². The quantitative estimate of drug-likeness (QED) is 0.538. The van der Waals surface area contributed by atoms with Crippen molar-refractivity contribution >= 4 is 40.2 Å². The van der Waals surface area contributed by atoms with Gasteiger partial charge in [-0.2, -0.15) is 10.2 Å². The minimum atomic E-state index is -1.13. The minimum Gasteiger partial charge on any atom is -0.478 e. The number of hydrogen-bond acceptors (Lipinski definition) is 5. The van der Waals surface area contributed by atoms with E-state index in [1.54, 1.807) is 29.1 Å². The first-order chi connectivity index (χ1) is 12.9. The lowest BCUT2D eigenvalue weighted by Gasteiger charge is -2.03. The monoisotopic (exact) mass is 404 g/mol. The molecule has 0 amide bonds. The van der Waals surface area contributed by atoms with Gasteiger partial charge in [0.2, 0.25) is 5.95 Å². The van der Waals surface area contributed by atoms with Crippen molar-refractivity contribution in [2.75, 3.05) is 0 Å². The van der Waals surface area contributed by atoms with Crippen LogP contribution in [0.5, 0.6) is 0 Å². The fraction of sp³-hybridized carbons (Fsp3) is 0.0625. The molecule has 1 aromatic carbocycles. The topological polar surface area (TPSA) is 119 Å². The highest BCUT2D eigenvalue weighted by Crippen LogP contribution is 2.23. The number of aromatic carboxylic acids is 1. The Kier molecular flexibility index (Phi) is 4.17. The van der Waals surface area contributed by atoms with Crippen molar-refractivity contribution in [1.82, 2.24) is 29.5 Å². The number of rotatable bonds is 4. The molecular formula is C16H10Cl2N6O3. The molecule has 0 spiro atoms. The molecule has 0 bridgehead atoms. The van der Waals surface area contributed by atoms with Crippen molar-refractivity contribution in [3.05, 3.63) is 68.3 Å². The lowest BCUT2D eigenvalue weighted by Crippen LogP contribution is -2.14. The molecule has 0 aliphatic heterocycles. The van der Waals surface area contributed by atoms with Gasteiger partial charge in [-0.25, -0.2) is 14.5 Å². The lowest BCUT2D eigenvalue weighted by molar-refractivity contribution is 0.0697. The molecule has 11 heteroatoms. The summed E-state index contributed by atoms with van der Waals surface area (Å²) in [5.74, 6) is -1.03. The Hall–Kier alpha value is -3.17. The number of carbonyl (C=O) groups is 1. The Morgan fingerprint density at radius 2 is 2.04 bits per heavy atom. The molecule has 27 heavy (non-hydrogen) atoms. The van der Waals surface area contributed by atoms with Gasteiger partial charge in [0.15, 0.2) is 5.52 Å². The fourth-order valence-electron chi connectivity index (χ4n) is 2.52. The largest absolute Gasteiger partial charge is 0.478 e. The summed E-state index contributed by atoms with van der Waals surface area (Å²) in [7, 11) is 0. The van der Waals surface area contributed by atoms with Gasteiger partial charge in [-0.1, -0.05) is 29.3 Å². The second kappa shape index (κ2) is 6.53. The van der Waals surface area contributed by atoms with Crippen molar-refractivity contribution in [1.29, 1.82) is 0 Å². The Morgan fingerprint density at radius 3 is 2.74 bits per heavy atom. The van der Waals surface area contributed by atoms with E-state index in [0.717, 1.165) is 5.56 Å². The van der Waals surface area contributed by atoms with E-state index in [1.165, 1.54) is 17.1 Å². The molecule has 0 fully saturated rings. The molecule has 0 saturated carbocycles. The zero-order chi connectivity index (χ0) is 19.1. The number of nitrogens with zero attached hydrogens (tertiary/aromatic N) is 5. The lowest BCUT2D eigenvalue weighted by atomic mass is 10.2. The third-order valence-electron chi connectivity index (χ3n) is 3.78. The molecule has 136 valence electrons. The van der Waals surface area contributed by atoms with E-state index in [4.69, 9.17) is 28.3 Å². The molecule has 4 aromatic rings. The maximum absolute atomic E-state index is 12.3. The van der Waals surface area contributed by atoms with Crippen LogP contribution in [0.25, 0.3) is 17.0 Å². The molecule has 0 aliphatic carbocycles. The Labute approximate surface area is 160 Å². The van der Waals surface area contributed by atoms with E-state index in [2.05, 4.69) is 20.2 Å². The van der Waals surface area contributed by atoms with Crippen LogP contribution in [0.2, 0.25) is 10.0 Å². The van der Waals surface area contributed by atoms with E-state index >= 15 is 0 Å². The van der Waals surface area contributed by atoms with Gasteiger partial charge >= 0.3 is 5.97 Å². The van der Waals surface area contributed by atoms with Crippen molar-refractivity contribution in [2.45, 2.75) is 6.54 Å². The number of aromatic amines is 1. The molecule has 0 unspecified atom stereocenters. The number of carboxylic acid groups (broad SMARTS) is 1. The molecular weight excluding hydrogens is 395 g/mol. The van der Waals surface area contributed by atoms with Gasteiger partial charge in [0.05, 0.1) is 34.5 Å². The normalized spacial score (nSPS) is 11.2. The van der Waals surface area contributed by atoms with Crippen LogP contribution in [0.15, 0.2) is 41.6 Å². The SMILES string of the molecule is O=C(O)c1cnn(-c2nc3cn(Cc4ccc(Cl)c(Cl)c4)nc3c(=O)[nH]2)c1. The first-order valence-electron chi connectivity index (χ1n) is 7.60. The van der Waals surface area contributed by atoms with Crippen LogP contribution >= 0.6 is 23.2 Å². The highest BCUT2D eigenvalue weighted by Gasteiger charge is 2.13. The molecule has 0 radical (unpaired) electrons. The van der Waals surface area contributed by atoms with E-state index < -0.39 is 11.5 Å². The third kappa shape index (κ3) is 3.29. The van der Waals surface area contributed by atoms with Crippen LogP contribution in [-0.2, 0) is 6.54 Å². The second-order valence-electron chi connectivity index (χ2n) is 5.68. The second-order valence-corrected chi connectivity index (χ2v) is 6.49. The first-order valence-corrected chi connectivity index (χ1v) is 8.36. The van der Waals surface area contributed by atoms with Crippen LogP contribution < -0.4 is 5.56 Å². The summed E-state index contributed by atoms with van der Waals surface area (Å²) in [4.78, 5) is 30.1. The molecule has 0 atom stereocenters. The molecule has 9 nitrogen and oxygen atoms in total. The number of H-pyrrole nitrogens is 1. The van der Waals surface area contributed by atoms with E-state index in [-0.39, 0.29) is 17.0 Å². The smallest absolute Gasteiger partial charge is 0.338 e. The standard InChI is InChI=1S/C16H10Cl2N6O3/c17-10-2-1-8(3-11(10)18)5-23-7-12-13(22-23)14(25)21-16(20-12)24-6-9(4-19-24)15(26)27/h1-4,6-7H,5H2,(H,26,27)(H,20,21,25). The average molecular weight is 405 g/mol. The first kappa shape index (κ1) is 17.3. The van der Waals surface area contributed by atoms with Crippen LogP contribution in [0.3, 0.4) is 0 Å². The van der Waals surface area contributed by atoms with E-state index in [1.807, 2.05) is 0 Å². The maximum Gasteiger partial charge on any atom is 0.338 e. The van der Waals surface area contributed by atoms with Crippen LogP contribution in [0.4, 0.5) is 0 Å². The maximum atomic E-state index is 12.3. The zero-order valence-corrected chi connectivity index (χ0v) is 14.9. The number of carboxylic acids is 1. The highest BCUT2D eigenvalue weighted by molar-refractivity contribution is 6.42. The molecule has 4 rings (SSSR count). The third-order valence-corrected chi connectivity index (χ3v) is 4.52. The molecule has 0 saturated heterocycles. The predicted molar refractivity (Wildman–Crippen MR) is 97.8 cm³/mol. The summed E-state index contributed by atoms with van der Waals surface area (Å²) in [5, 5.41) is 18.0. The van der Waals surface area contributed by atoms with Gasteiger partial charge in [-0.05, 0) is 17.7 Å². The number of nitrogens with one attached hydrogen (secondary N) is 1. The molecule has 3 aromatic heterocycles. The summed E-state index contributed by atoms with van der Waals surface area (Å²) < 4.78 is 2.74. The molecule has 0 aliphatic rings. The predicted octanol–water partition coefficient (Wildman–Crippen LogP) is 2.36. The summed E-state index contributed by atoms with van der Waals surface area (Å²) >= 11 is 11.9. The minimum absolute atomic E-state index is 0.0203. The number of hydrogen-bond donors (Lipinski definition) is 2. The Morgan fingerprint density at radius 1 is 1.22 bits per heavy atom. The number of halogens is 2. The average Bonchev–Trinajstić information content (AvgIpc) is 3.25. The van der Waals surface area contributed by atoms with Crippen LogP contribution in [0, 0.1) is 0 Å².